The number of anilines is 1. The second-order valence-electron chi connectivity index (χ2n) is 8.18. The van der Waals surface area contributed by atoms with Gasteiger partial charge in [0, 0.05) is 6.42 Å². The average molecular weight is 499 g/mol. The van der Waals surface area contributed by atoms with Crippen molar-refractivity contribution in [2.24, 2.45) is 5.73 Å². The van der Waals surface area contributed by atoms with Crippen LogP contribution in [-0.4, -0.2) is 71.9 Å². The molecule has 1 fully saturated rings. The van der Waals surface area contributed by atoms with Crippen molar-refractivity contribution in [3.8, 4) is 0 Å². The van der Waals surface area contributed by atoms with Crippen molar-refractivity contribution < 1.29 is 34.1 Å². The first kappa shape index (κ1) is 25.0. The van der Waals surface area contributed by atoms with Gasteiger partial charge in [0.15, 0.2) is 23.8 Å². The predicted octanol–water partition coefficient (Wildman–Crippen LogP) is -0.913. The molecule has 0 bridgehead atoms. The summed E-state index contributed by atoms with van der Waals surface area (Å²) in [6.45, 7) is 0.0912. The Kier molecular flexibility index (Phi) is 7.38. The highest BCUT2D eigenvalue weighted by Gasteiger charge is 2.49. The van der Waals surface area contributed by atoms with E-state index in [1.165, 1.54) is 17.2 Å². The maximum absolute atomic E-state index is 12.7. The Morgan fingerprint density at radius 2 is 1.94 bits per heavy atom. The van der Waals surface area contributed by atoms with Crippen molar-refractivity contribution in [1.29, 1.82) is 0 Å². The summed E-state index contributed by atoms with van der Waals surface area (Å²) in [6, 6.07) is 6.60. The summed E-state index contributed by atoms with van der Waals surface area (Å²) in [4.78, 5) is 48.4. The number of nitrogens with one attached hydrogen (secondary N) is 1. The van der Waals surface area contributed by atoms with E-state index in [-0.39, 0.29) is 36.4 Å². The van der Waals surface area contributed by atoms with Crippen molar-refractivity contribution >= 4 is 34.8 Å². The molecule has 1 aliphatic rings. The molecule has 0 spiro atoms. The van der Waals surface area contributed by atoms with Crippen LogP contribution < -0.4 is 16.8 Å². The minimum Gasteiger partial charge on any atom is -0.479 e. The van der Waals surface area contributed by atoms with Gasteiger partial charge in [0.25, 0.3) is 0 Å². The fraction of sp³-hybridized carbons (Fsp3) is 0.364. The monoisotopic (exact) mass is 499 g/mol. The molecule has 2 aromatic heterocycles. The zero-order valence-corrected chi connectivity index (χ0v) is 18.9. The zero-order chi connectivity index (χ0) is 25.8. The molecule has 14 nitrogen and oxygen atoms in total. The van der Waals surface area contributed by atoms with Crippen molar-refractivity contribution in [3.05, 3.63) is 48.5 Å². The van der Waals surface area contributed by atoms with Gasteiger partial charge in [-0.05, 0) is 12.0 Å². The van der Waals surface area contributed by atoms with Crippen molar-refractivity contribution in [2.45, 2.75) is 50.0 Å². The lowest BCUT2D eigenvalue weighted by atomic mass is 10.1. The number of nitrogens with zero attached hydrogens (tertiary/aromatic N) is 4. The zero-order valence-electron chi connectivity index (χ0n) is 18.9. The van der Waals surface area contributed by atoms with Crippen molar-refractivity contribution in [1.82, 2.24) is 24.8 Å². The van der Waals surface area contributed by atoms with Gasteiger partial charge in [-0.25, -0.2) is 19.7 Å². The van der Waals surface area contributed by atoms with Crippen LogP contribution in [0.4, 0.5) is 5.82 Å². The minimum atomic E-state index is -1.59. The Morgan fingerprint density at radius 1 is 1.19 bits per heavy atom. The molecule has 1 unspecified atom stereocenters. The Morgan fingerprint density at radius 3 is 2.67 bits per heavy atom. The summed E-state index contributed by atoms with van der Waals surface area (Å²) < 4.78 is 12.0. The SMILES string of the molecule is Nc1ncnc2c1ncn2[C@@H]1O[C@H](C(=O)O)[C@@H](NC(=O)C(N)CCC(=O)OCc2ccccc2)[C@H]1O. The van der Waals surface area contributed by atoms with Crippen LogP contribution in [0.2, 0.25) is 0 Å². The van der Waals surface area contributed by atoms with Gasteiger partial charge in [0.05, 0.1) is 18.4 Å². The lowest BCUT2D eigenvalue weighted by Gasteiger charge is -2.22. The van der Waals surface area contributed by atoms with Crippen LogP contribution >= 0.6 is 0 Å². The average Bonchev–Trinajstić information content (AvgIpc) is 3.44. The van der Waals surface area contributed by atoms with E-state index >= 15 is 0 Å². The Labute approximate surface area is 204 Å². The van der Waals surface area contributed by atoms with Gasteiger partial charge in [-0.1, -0.05) is 30.3 Å². The number of aromatic nitrogens is 4. The van der Waals surface area contributed by atoms with E-state index in [2.05, 4.69) is 20.3 Å². The predicted molar refractivity (Wildman–Crippen MR) is 123 cm³/mol. The fourth-order valence-electron chi connectivity index (χ4n) is 3.82. The van der Waals surface area contributed by atoms with Gasteiger partial charge >= 0.3 is 11.9 Å². The number of ether oxygens (including phenoxy) is 2. The normalized spacial score (nSPS) is 22.3. The standard InChI is InChI=1S/C22H25N7O7/c23-12(6-7-13(30)35-8-11-4-2-1-3-5-11)20(32)28-14-16(31)21(36-17(14)22(33)34)29-10-27-15-18(24)25-9-26-19(15)29/h1-5,9-10,12,14,16-17,21,31H,6-8,23H2,(H,28,32)(H,33,34)(H2,24,25,26)/t12?,14-,16+,17-,21+/m0/s1. The van der Waals surface area contributed by atoms with Crippen LogP contribution in [0.15, 0.2) is 43.0 Å². The van der Waals surface area contributed by atoms with E-state index in [4.69, 9.17) is 20.9 Å². The highest BCUT2D eigenvalue weighted by atomic mass is 16.6. The number of aliphatic hydroxyl groups is 1. The number of imidazole rings is 1. The van der Waals surface area contributed by atoms with E-state index in [1.807, 2.05) is 30.3 Å². The lowest BCUT2D eigenvalue weighted by Crippen LogP contribution is -2.54. The maximum atomic E-state index is 12.7. The number of carbonyl (C=O) groups excluding carboxylic acids is 2. The number of carboxylic acid groups (broad SMARTS) is 1. The van der Waals surface area contributed by atoms with Crippen molar-refractivity contribution in [3.63, 3.8) is 0 Å². The topological polar surface area (TPSA) is 218 Å². The van der Waals surface area contributed by atoms with Crippen molar-refractivity contribution in [2.75, 3.05) is 5.73 Å². The molecule has 1 amide bonds. The smallest absolute Gasteiger partial charge is 0.335 e. The first-order chi connectivity index (χ1) is 17.3. The van der Waals surface area contributed by atoms with E-state index in [9.17, 15) is 24.6 Å². The molecule has 7 N–H and O–H groups in total. The lowest BCUT2D eigenvalue weighted by molar-refractivity contribution is -0.152. The molecule has 0 radical (unpaired) electrons. The van der Waals surface area contributed by atoms with E-state index in [0.717, 1.165) is 5.56 Å². The number of carboxylic acids is 1. The maximum Gasteiger partial charge on any atom is 0.335 e. The molecule has 5 atom stereocenters. The molecule has 3 heterocycles. The number of hydrogen-bond acceptors (Lipinski definition) is 11. The van der Waals surface area contributed by atoms with Gasteiger partial charge in [0.1, 0.15) is 24.6 Å². The highest BCUT2D eigenvalue weighted by Crippen LogP contribution is 2.32. The molecular formula is C22H25N7O7. The van der Waals surface area contributed by atoms with Gasteiger partial charge in [-0.2, -0.15) is 0 Å². The first-order valence-electron chi connectivity index (χ1n) is 11.0. The van der Waals surface area contributed by atoms with Crippen LogP contribution in [0.3, 0.4) is 0 Å². The Hall–Kier alpha value is -4.14. The van der Waals surface area contributed by atoms with Gasteiger partial charge < -0.3 is 36.5 Å². The quantitative estimate of drug-likeness (QED) is 0.226. The van der Waals surface area contributed by atoms with Gasteiger partial charge in [-0.15, -0.1) is 0 Å². The molecule has 0 saturated carbocycles. The number of rotatable bonds is 9. The van der Waals surface area contributed by atoms with Crippen LogP contribution in [0, 0.1) is 0 Å². The molecular weight excluding hydrogens is 474 g/mol. The number of aliphatic carboxylic acids is 1. The number of benzene rings is 1. The second-order valence-corrected chi connectivity index (χ2v) is 8.18. The number of nitrogen functional groups attached to an aromatic ring is 1. The van der Waals surface area contributed by atoms with Crippen LogP contribution in [0.1, 0.15) is 24.6 Å². The summed E-state index contributed by atoms with van der Waals surface area (Å²) in [7, 11) is 0. The fourth-order valence-corrected chi connectivity index (χ4v) is 3.82. The van der Waals surface area contributed by atoms with Crippen LogP contribution in [-0.2, 0) is 30.5 Å². The number of nitrogens with two attached hydrogens (primary N) is 2. The molecule has 1 aromatic carbocycles. The third kappa shape index (κ3) is 5.25. The molecule has 190 valence electrons. The summed E-state index contributed by atoms with van der Waals surface area (Å²) >= 11 is 0. The molecule has 36 heavy (non-hydrogen) atoms. The number of fused-ring (bicyclic) bond motifs is 1. The summed E-state index contributed by atoms with van der Waals surface area (Å²) in [6.07, 6.45) is -2.03. The summed E-state index contributed by atoms with van der Waals surface area (Å²) in [5.74, 6) is -2.60. The molecule has 0 aliphatic carbocycles. The molecule has 1 aliphatic heterocycles. The Balaban J connectivity index is 1.37. The molecule has 3 aromatic rings. The van der Waals surface area contributed by atoms with Crippen LogP contribution in [0.25, 0.3) is 11.2 Å². The van der Waals surface area contributed by atoms with Gasteiger partial charge in [-0.3, -0.25) is 14.2 Å². The van der Waals surface area contributed by atoms with Gasteiger partial charge in [0.2, 0.25) is 5.91 Å². The van der Waals surface area contributed by atoms with E-state index < -0.39 is 48.4 Å². The Bertz CT molecular complexity index is 1250. The second kappa shape index (κ2) is 10.6. The molecule has 14 heteroatoms. The third-order valence-corrected chi connectivity index (χ3v) is 5.72. The molecule has 4 rings (SSSR count). The number of esters is 1. The third-order valence-electron chi connectivity index (χ3n) is 5.72. The number of aliphatic hydroxyl groups excluding tert-OH is 1. The minimum absolute atomic E-state index is 0.0490. The van der Waals surface area contributed by atoms with E-state index in [0.29, 0.717) is 0 Å². The summed E-state index contributed by atoms with van der Waals surface area (Å²) in [5.41, 5.74) is 13.0. The number of amides is 1. The first-order valence-corrected chi connectivity index (χ1v) is 11.0. The number of carbonyl (C=O) groups is 3. The van der Waals surface area contributed by atoms with E-state index in [1.54, 1.807) is 0 Å². The molecule has 1 saturated heterocycles. The largest absolute Gasteiger partial charge is 0.479 e. The number of hydrogen-bond donors (Lipinski definition) is 5. The highest BCUT2D eigenvalue weighted by molar-refractivity contribution is 5.84. The summed E-state index contributed by atoms with van der Waals surface area (Å²) in [5, 5.41) is 22.9. The van der Waals surface area contributed by atoms with Crippen LogP contribution in [0.5, 0.6) is 0 Å².